The zero-order valence-electron chi connectivity index (χ0n) is 11.3. The molecule has 106 valence electrons. The predicted molar refractivity (Wildman–Crippen MR) is 69.3 cm³/mol. The van der Waals surface area contributed by atoms with Crippen molar-refractivity contribution >= 4 is 11.6 Å². The van der Waals surface area contributed by atoms with Crippen LogP contribution >= 0.6 is 0 Å². The van der Waals surface area contributed by atoms with Gasteiger partial charge >= 0.3 is 5.69 Å². The van der Waals surface area contributed by atoms with Gasteiger partial charge in [0.1, 0.15) is 17.4 Å². The minimum absolute atomic E-state index is 0.00766. The number of hydrogen-bond acceptors (Lipinski definition) is 5. The predicted octanol–water partition coefficient (Wildman–Crippen LogP) is 0.857. The number of rotatable bonds is 6. The molecule has 0 aromatic carbocycles. The highest BCUT2D eigenvalue weighted by molar-refractivity contribution is 5.79. The third-order valence-electron chi connectivity index (χ3n) is 3.03. The second-order valence-electron chi connectivity index (χ2n) is 4.08. The Bertz CT molecular complexity index is 483. The first-order valence-corrected chi connectivity index (χ1v) is 6.26. The van der Waals surface area contributed by atoms with Gasteiger partial charge in [0.15, 0.2) is 0 Å². The van der Waals surface area contributed by atoms with E-state index in [-0.39, 0.29) is 5.69 Å². The third kappa shape index (κ3) is 2.73. The van der Waals surface area contributed by atoms with Crippen LogP contribution in [0.5, 0.6) is 0 Å². The van der Waals surface area contributed by atoms with Gasteiger partial charge in [0.05, 0.1) is 4.92 Å². The number of nitrogens with zero attached hydrogens (tertiary/aromatic N) is 3. The fourth-order valence-electron chi connectivity index (χ4n) is 2.11. The van der Waals surface area contributed by atoms with Crippen molar-refractivity contribution in [2.45, 2.75) is 46.1 Å². The molecule has 0 aliphatic carbocycles. The molecular formula is C11H19N5O3. The van der Waals surface area contributed by atoms with Crippen molar-refractivity contribution in [3.8, 4) is 0 Å². The normalized spacial score (nSPS) is 12.2. The molecule has 1 aromatic rings. The molecule has 0 saturated carbocycles. The van der Waals surface area contributed by atoms with Crippen LogP contribution in [-0.2, 0) is 17.6 Å². The Morgan fingerprint density at radius 1 is 1.47 bits per heavy atom. The second kappa shape index (κ2) is 6.28. The lowest BCUT2D eigenvalue weighted by atomic mass is 10.2. The van der Waals surface area contributed by atoms with Crippen LogP contribution in [0.15, 0.2) is 0 Å². The smallest absolute Gasteiger partial charge is 0.292 e. The summed E-state index contributed by atoms with van der Waals surface area (Å²) in [5.41, 5.74) is 2.93. The highest BCUT2D eigenvalue weighted by atomic mass is 16.6. The number of nitro groups is 1. The first-order valence-electron chi connectivity index (χ1n) is 6.26. The minimum atomic E-state index is -0.626. The third-order valence-corrected chi connectivity index (χ3v) is 3.03. The lowest BCUT2D eigenvalue weighted by molar-refractivity contribution is -0.386. The average Bonchev–Trinajstić information content (AvgIpc) is 2.77. The molecule has 1 aromatic heterocycles. The number of hydrazine groups is 1. The number of carbonyl (C=O) groups is 1. The van der Waals surface area contributed by atoms with Crippen molar-refractivity contribution < 1.29 is 9.72 Å². The molecule has 1 rings (SSSR count). The molecule has 0 spiro atoms. The number of aryl methyl sites for hydroxylation is 1. The monoisotopic (exact) mass is 269 g/mol. The van der Waals surface area contributed by atoms with Gasteiger partial charge in [0.2, 0.25) is 0 Å². The van der Waals surface area contributed by atoms with E-state index in [1.165, 1.54) is 4.68 Å². The molecule has 1 atom stereocenters. The van der Waals surface area contributed by atoms with Crippen LogP contribution < -0.4 is 11.3 Å². The number of amides is 1. The number of carbonyl (C=O) groups excluding carboxylic acids is 1. The van der Waals surface area contributed by atoms with Crippen molar-refractivity contribution in [1.82, 2.24) is 15.2 Å². The van der Waals surface area contributed by atoms with Gasteiger partial charge in [-0.25, -0.2) is 10.5 Å². The summed E-state index contributed by atoms with van der Waals surface area (Å²) in [6, 6.07) is -0.626. The summed E-state index contributed by atoms with van der Waals surface area (Å²) in [5.74, 6) is 4.73. The molecule has 0 aliphatic heterocycles. The Kier molecular flexibility index (Phi) is 4.99. The Hall–Kier alpha value is -1.96. The summed E-state index contributed by atoms with van der Waals surface area (Å²) >= 11 is 0. The highest BCUT2D eigenvalue weighted by Gasteiger charge is 2.30. The molecule has 1 amide bonds. The Balaban J connectivity index is 3.42. The van der Waals surface area contributed by atoms with E-state index in [0.29, 0.717) is 30.7 Å². The molecule has 0 bridgehead atoms. The average molecular weight is 269 g/mol. The molecule has 8 heteroatoms. The standard InChI is InChI=1S/C11H19N5O3/c1-4-7-10(16(18)19)8(5-2)15(14-7)9(6-3)11(17)13-12/h9H,4-6,12H2,1-3H3,(H,13,17). The molecule has 0 radical (unpaired) electrons. The SMILES string of the molecule is CCc1nn(C(CC)C(=O)NN)c(CC)c1[N+](=O)[O-]. The van der Waals surface area contributed by atoms with E-state index in [9.17, 15) is 14.9 Å². The van der Waals surface area contributed by atoms with Crippen LogP contribution in [0.25, 0.3) is 0 Å². The Morgan fingerprint density at radius 2 is 2.11 bits per heavy atom. The van der Waals surface area contributed by atoms with Crippen molar-refractivity contribution in [2.75, 3.05) is 0 Å². The van der Waals surface area contributed by atoms with E-state index in [2.05, 4.69) is 10.5 Å². The van der Waals surface area contributed by atoms with E-state index in [1.807, 2.05) is 0 Å². The van der Waals surface area contributed by atoms with Crippen molar-refractivity contribution in [3.05, 3.63) is 21.5 Å². The lowest BCUT2D eigenvalue weighted by Gasteiger charge is -2.15. The van der Waals surface area contributed by atoms with Gasteiger partial charge in [0.25, 0.3) is 5.91 Å². The maximum atomic E-state index is 11.7. The Morgan fingerprint density at radius 3 is 2.47 bits per heavy atom. The minimum Gasteiger partial charge on any atom is -0.292 e. The molecule has 19 heavy (non-hydrogen) atoms. The molecule has 3 N–H and O–H groups in total. The molecule has 0 saturated heterocycles. The summed E-state index contributed by atoms with van der Waals surface area (Å²) in [7, 11) is 0. The quantitative estimate of drug-likeness (QED) is 0.344. The topological polar surface area (TPSA) is 116 Å². The van der Waals surface area contributed by atoms with Crippen LogP contribution in [0, 0.1) is 10.1 Å². The number of hydrogen-bond donors (Lipinski definition) is 2. The van der Waals surface area contributed by atoms with Gasteiger partial charge in [-0.15, -0.1) is 0 Å². The maximum absolute atomic E-state index is 11.7. The zero-order valence-corrected chi connectivity index (χ0v) is 11.3. The van der Waals surface area contributed by atoms with E-state index in [4.69, 9.17) is 5.84 Å². The first-order chi connectivity index (χ1) is 9.01. The summed E-state index contributed by atoms with van der Waals surface area (Å²) in [5, 5.41) is 15.4. The van der Waals surface area contributed by atoms with E-state index in [1.54, 1.807) is 20.8 Å². The van der Waals surface area contributed by atoms with Crippen LogP contribution in [-0.4, -0.2) is 20.6 Å². The van der Waals surface area contributed by atoms with Gasteiger partial charge in [-0.1, -0.05) is 20.8 Å². The van der Waals surface area contributed by atoms with Crippen LogP contribution in [0.2, 0.25) is 0 Å². The molecule has 1 heterocycles. The fraction of sp³-hybridized carbons (Fsp3) is 0.636. The van der Waals surface area contributed by atoms with Crippen molar-refractivity contribution in [2.24, 2.45) is 5.84 Å². The Labute approximate surface area is 111 Å². The molecular weight excluding hydrogens is 250 g/mol. The van der Waals surface area contributed by atoms with Gasteiger partial charge in [0, 0.05) is 0 Å². The summed E-state index contributed by atoms with van der Waals surface area (Å²) in [6.07, 6.45) is 1.33. The van der Waals surface area contributed by atoms with Gasteiger partial charge in [-0.3, -0.25) is 20.3 Å². The van der Waals surface area contributed by atoms with Crippen molar-refractivity contribution in [1.29, 1.82) is 0 Å². The van der Waals surface area contributed by atoms with Gasteiger partial charge in [-0.05, 0) is 19.3 Å². The number of aromatic nitrogens is 2. The second-order valence-corrected chi connectivity index (χ2v) is 4.08. The molecule has 8 nitrogen and oxygen atoms in total. The van der Waals surface area contributed by atoms with Gasteiger partial charge < -0.3 is 0 Å². The molecule has 0 aliphatic rings. The molecule has 1 unspecified atom stereocenters. The van der Waals surface area contributed by atoms with Gasteiger partial charge in [-0.2, -0.15) is 5.10 Å². The number of nitrogens with two attached hydrogens (primary N) is 1. The summed E-state index contributed by atoms with van der Waals surface area (Å²) in [6.45, 7) is 5.40. The van der Waals surface area contributed by atoms with Crippen molar-refractivity contribution in [3.63, 3.8) is 0 Å². The maximum Gasteiger partial charge on any atom is 0.313 e. The summed E-state index contributed by atoms with van der Waals surface area (Å²) in [4.78, 5) is 22.4. The van der Waals surface area contributed by atoms with Crippen LogP contribution in [0.4, 0.5) is 5.69 Å². The number of nitrogens with one attached hydrogen (secondary N) is 1. The van der Waals surface area contributed by atoms with E-state index >= 15 is 0 Å². The first kappa shape index (κ1) is 15.1. The van der Waals surface area contributed by atoms with E-state index < -0.39 is 16.9 Å². The fourth-order valence-corrected chi connectivity index (χ4v) is 2.11. The lowest BCUT2D eigenvalue weighted by Crippen LogP contribution is -2.37. The zero-order chi connectivity index (χ0) is 14.6. The van der Waals surface area contributed by atoms with E-state index in [0.717, 1.165) is 0 Å². The highest BCUT2D eigenvalue weighted by Crippen LogP contribution is 2.28. The van der Waals surface area contributed by atoms with Crippen LogP contribution in [0.1, 0.15) is 44.6 Å². The van der Waals surface area contributed by atoms with Crippen LogP contribution in [0.3, 0.4) is 0 Å². The molecule has 0 fully saturated rings. The largest absolute Gasteiger partial charge is 0.313 e. The summed E-state index contributed by atoms with van der Waals surface area (Å²) < 4.78 is 1.43.